The Bertz CT molecular complexity index is 467. The predicted molar refractivity (Wildman–Crippen MR) is 66.3 cm³/mol. The standard InChI is InChI=1S/C12H18N4O/c1-10-3-4-11(2)16(10)14-8-12-7-13-15(9-12)5-6-17/h3-4,7,9,14,17H,5-6,8H2,1-2H3. The van der Waals surface area contributed by atoms with Crippen molar-refractivity contribution in [2.24, 2.45) is 0 Å². The molecule has 17 heavy (non-hydrogen) atoms. The Morgan fingerprint density at radius 1 is 1.29 bits per heavy atom. The van der Waals surface area contributed by atoms with Gasteiger partial charge in [0.15, 0.2) is 0 Å². The summed E-state index contributed by atoms with van der Waals surface area (Å²) in [6.45, 7) is 5.51. The summed E-state index contributed by atoms with van der Waals surface area (Å²) in [6.07, 6.45) is 3.76. The molecule has 0 spiro atoms. The minimum atomic E-state index is 0.115. The summed E-state index contributed by atoms with van der Waals surface area (Å²) in [5, 5.41) is 13.0. The molecule has 0 atom stereocenters. The van der Waals surface area contributed by atoms with Gasteiger partial charge in [-0.25, -0.2) is 0 Å². The zero-order chi connectivity index (χ0) is 12.3. The van der Waals surface area contributed by atoms with E-state index in [2.05, 4.69) is 41.2 Å². The number of hydrogen-bond donors (Lipinski definition) is 2. The molecule has 2 aromatic rings. The van der Waals surface area contributed by atoms with Crippen LogP contribution in [0.25, 0.3) is 0 Å². The van der Waals surface area contributed by atoms with E-state index >= 15 is 0 Å². The highest BCUT2D eigenvalue weighted by molar-refractivity contribution is 5.16. The molecule has 0 amide bonds. The number of nitrogens with one attached hydrogen (secondary N) is 1. The zero-order valence-corrected chi connectivity index (χ0v) is 10.2. The van der Waals surface area contributed by atoms with Crippen LogP contribution in [-0.2, 0) is 13.1 Å². The fraction of sp³-hybridized carbons (Fsp3) is 0.417. The largest absolute Gasteiger partial charge is 0.394 e. The first-order valence-corrected chi connectivity index (χ1v) is 5.71. The maximum absolute atomic E-state index is 8.80. The van der Waals surface area contributed by atoms with Crippen LogP contribution in [0.15, 0.2) is 24.5 Å². The highest BCUT2D eigenvalue weighted by Crippen LogP contribution is 2.05. The van der Waals surface area contributed by atoms with Crippen molar-refractivity contribution in [1.82, 2.24) is 14.5 Å². The summed E-state index contributed by atoms with van der Waals surface area (Å²) in [5.74, 6) is 0. The third kappa shape index (κ3) is 2.68. The van der Waals surface area contributed by atoms with Gasteiger partial charge in [-0.1, -0.05) is 0 Å². The van der Waals surface area contributed by atoms with Gasteiger partial charge in [0.1, 0.15) is 0 Å². The molecule has 0 aliphatic heterocycles. The van der Waals surface area contributed by atoms with Crippen molar-refractivity contribution in [2.45, 2.75) is 26.9 Å². The molecule has 2 rings (SSSR count). The monoisotopic (exact) mass is 234 g/mol. The smallest absolute Gasteiger partial charge is 0.0640 e. The molecular formula is C12H18N4O. The van der Waals surface area contributed by atoms with E-state index in [1.165, 1.54) is 11.4 Å². The van der Waals surface area contributed by atoms with Crippen LogP contribution in [0.3, 0.4) is 0 Å². The minimum Gasteiger partial charge on any atom is -0.394 e. The van der Waals surface area contributed by atoms with Gasteiger partial charge in [0.2, 0.25) is 0 Å². The maximum Gasteiger partial charge on any atom is 0.0640 e. The maximum atomic E-state index is 8.80. The van der Waals surface area contributed by atoms with Gasteiger partial charge in [-0.2, -0.15) is 5.10 Å². The third-order valence-electron chi connectivity index (χ3n) is 2.73. The molecule has 0 bridgehead atoms. The summed E-state index contributed by atoms with van der Waals surface area (Å²) in [7, 11) is 0. The van der Waals surface area contributed by atoms with Crippen LogP contribution in [0.2, 0.25) is 0 Å². The summed E-state index contributed by atoms with van der Waals surface area (Å²) >= 11 is 0. The molecule has 2 aromatic heterocycles. The van der Waals surface area contributed by atoms with Gasteiger partial charge in [0.05, 0.1) is 25.9 Å². The molecular weight excluding hydrogens is 216 g/mol. The number of rotatable bonds is 5. The molecule has 2 N–H and O–H groups in total. The Labute approximate surface area is 101 Å². The summed E-state index contributed by atoms with van der Waals surface area (Å²) in [4.78, 5) is 0. The second-order valence-corrected chi connectivity index (χ2v) is 4.12. The molecule has 5 heteroatoms. The van der Waals surface area contributed by atoms with E-state index in [0.29, 0.717) is 6.54 Å². The Morgan fingerprint density at radius 3 is 2.65 bits per heavy atom. The normalized spacial score (nSPS) is 10.8. The van der Waals surface area contributed by atoms with Gasteiger partial charge in [0, 0.05) is 23.1 Å². The van der Waals surface area contributed by atoms with Crippen LogP contribution in [0.4, 0.5) is 0 Å². The van der Waals surface area contributed by atoms with E-state index in [1.807, 2.05) is 12.4 Å². The van der Waals surface area contributed by atoms with E-state index in [0.717, 1.165) is 12.1 Å². The van der Waals surface area contributed by atoms with Crippen molar-refractivity contribution in [3.8, 4) is 0 Å². The number of aromatic nitrogens is 3. The van der Waals surface area contributed by atoms with Crippen molar-refractivity contribution < 1.29 is 5.11 Å². The minimum absolute atomic E-state index is 0.115. The van der Waals surface area contributed by atoms with Gasteiger partial charge in [-0.15, -0.1) is 0 Å². The number of aryl methyl sites for hydroxylation is 2. The first-order chi connectivity index (χ1) is 8.20. The average molecular weight is 234 g/mol. The summed E-state index contributed by atoms with van der Waals surface area (Å²) in [6, 6.07) is 4.16. The van der Waals surface area contributed by atoms with Crippen LogP contribution < -0.4 is 5.43 Å². The van der Waals surface area contributed by atoms with Crippen molar-refractivity contribution in [3.63, 3.8) is 0 Å². The topological polar surface area (TPSA) is 55.0 Å². The first-order valence-electron chi connectivity index (χ1n) is 5.71. The quantitative estimate of drug-likeness (QED) is 0.812. The molecule has 0 aromatic carbocycles. The number of nitrogens with zero attached hydrogens (tertiary/aromatic N) is 3. The van der Waals surface area contributed by atoms with E-state index in [4.69, 9.17) is 5.11 Å². The van der Waals surface area contributed by atoms with Crippen molar-refractivity contribution in [1.29, 1.82) is 0 Å². The van der Waals surface area contributed by atoms with E-state index in [1.54, 1.807) is 4.68 Å². The molecule has 5 nitrogen and oxygen atoms in total. The fourth-order valence-corrected chi connectivity index (χ4v) is 1.81. The summed E-state index contributed by atoms with van der Waals surface area (Å²) in [5.41, 5.74) is 6.81. The lowest BCUT2D eigenvalue weighted by molar-refractivity contribution is 0.269. The van der Waals surface area contributed by atoms with Crippen LogP contribution in [0.1, 0.15) is 17.0 Å². The fourth-order valence-electron chi connectivity index (χ4n) is 1.81. The Kier molecular flexibility index (Phi) is 3.49. The van der Waals surface area contributed by atoms with Gasteiger partial charge >= 0.3 is 0 Å². The number of aliphatic hydroxyl groups is 1. The number of hydrogen-bond acceptors (Lipinski definition) is 3. The van der Waals surface area contributed by atoms with Gasteiger partial charge in [0.25, 0.3) is 0 Å². The number of aliphatic hydroxyl groups excluding tert-OH is 1. The van der Waals surface area contributed by atoms with Crippen LogP contribution >= 0.6 is 0 Å². The van der Waals surface area contributed by atoms with Crippen molar-refractivity contribution in [3.05, 3.63) is 41.5 Å². The molecule has 0 radical (unpaired) electrons. The van der Waals surface area contributed by atoms with E-state index < -0.39 is 0 Å². The molecule has 92 valence electrons. The third-order valence-corrected chi connectivity index (χ3v) is 2.73. The lowest BCUT2D eigenvalue weighted by atomic mass is 10.4. The van der Waals surface area contributed by atoms with E-state index in [9.17, 15) is 0 Å². The van der Waals surface area contributed by atoms with Gasteiger partial charge in [-0.05, 0) is 26.0 Å². The van der Waals surface area contributed by atoms with Crippen LogP contribution in [0.5, 0.6) is 0 Å². The second kappa shape index (κ2) is 5.05. The van der Waals surface area contributed by atoms with Gasteiger partial charge < -0.3 is 10.5 Å². The molecule has 0 aliphatic rings. The lowest BCUT2D eigenvalue weighted by Crippen LogP contribution is -2.16. The lowest BCUT2D eigenvalue weighted by Gasteiger charge is -2.11. The molecule has 0 aliphatic carbocycles. The van der Waals surface area contributed by atoms with Crippen LogP contribution in [-0.4, -0.2) is 26.2 Å². The Balaban J connectivity index is 1.97. The van der Waals surface area contributed by atoms with Crippen LogP contribution in [0, 0.1) is 13.8 Å². The highest BCUT2D eigenvalue weighted by atomic mass is 16.3. The van der Waals surface area contributed by atoms with Crippen molar-refractivity contribution in [2.75, 3.05) is 12.0 Å². The predicted octanol–water partition coefficient (Wildman–Crippen LogP) is 1.04. The molecule has 2 heterocycles. The Morgan fingerprint density at radius 2 is 2.00 bits per heavy atom. The second-order valence-electron chi connectivity index (χ2n) is 4.12. The summed E-state index contributed by atoms with van der Waals surface area (Å²) < 4.78 is 3.80. The molecule has 0 saturated carbocycles. The van der Waals surface area contributed by atoms with Crippen molar-refractivity contribution >= 4 is 0 Å². The zero-order valence-electron chi connectivity index (χ0n) is 10.2. The Hall–Kier alpha value is -1.75. The molecule has 0 unspecified atom stereocenters. The molecule has 0 fully saturated rings. The highest BCUT2D eigenvalue weighted by Gasteiger charge is 2.01. The average Bonchev–Trinajstić information content (AvgIpc) is 2.86. The molecule has 0 saturated heterocycles. The SMILES string of the molecule is Cc1ccc(C)n1NCc1cnn(CCO)c1. The first kappa shape index (κ1) is 11.7. The van der Waals surface area contributed by atoms with Gasteiger partial charge in [-0.3, -0.25) is 9.36 Å². The van der Waals surface area contributed by atoms with E-state index in [-0.39, 0.29) is 6.61 Å².